The van der Waals surface area contributed by atoms with Crippen molar-refractivity contribution in [3.8, 4) is 11.5 Å². The lowest BCUT2D eigenvalue weighted by molar-refractivity contribution is 0.219. The Balaban J connectivity index is 1.90. The molecule has 3 rings (SSSR count). The quantitative estimate of drug-likeness (QED) is 0.824. The van der Waals surface area contributed by atoms with E-state index in [1.54, 1.807) is 12.1 Å². The van der Waals surface area contributed by atoms with Crippen LogP contribution in [0.2, 0.25) is 0 Å². The van der Waals surface area contributed by atoms with Gasteiger partial charge in [-0.05, 0) is 35.4 Å². The van der Waals surface area contributed by atoms with Gasteiger partial charge in [0, 0.05) is 12.1 Å². The number of nitrogen functional groups attached to an aromatic ring is 1. The molecule has 0 spiro atoms. The summed E-state index contributed by atoms with van der Waals surface area (Å²) in [6.07, 6.45) is 0.164. The van der Waals surface area contributed by atoms with E-state index < -0.39 is 6.10 Å². The second kappa shape index (κ2) is 5.43. The van der Waals surface area contributed by atoms with Crippen LogP contribution in [0.4, 0.5) is 5.69 Å². The Kier molecular flexibility index (Phi) is 3.48. The SMILES string of the molecule is Nc1ccc(C(O)c2ccc3c(c2)OCCCO3)cc1. The summed E-state index contributed by atoms with van der Waals surface area (Å²) in [5.41, 5.74) is 7.91. The lowest BCUT2D eigenvalue weighted by Gasteiger charge is -2.14. The smallest absolute Gasteiger partial charge is 0.161 e. The van der Waals surface area contributed by atoms with Crippen LogP contribution in [0.15, 0.2) is 42.5 Å². The molecule has 4 heteroatoms. The van der Waals surface area contributed by atoms with Gasteiger partial charge in [-0.15, -0.1) is 0 Å². The molecule has 1 atom stereocenters. The first kappa shape index (κ1) is 12.8. The summed E-state index contributed by atoms with van der Waals surface area (Å²) >= 11 is 0. The van der Waals surface area contributed by atoms with E-state index in [4.69, 9.17) is 15.2 Å². The average molecular weight is 271 g/mol. The molecular formula is C16H17NO3. The van der Waals surface area contributed by atoms with Gasteiger partial charge in [0.2, 0.25) is 0 Å². The van der Waals surface area contributed by atoms with E-state index in [1.165, 1.54) is 0 Å². The van der Waals surface area contributed by atoms with E-state index in [9.17, 15) is 5.11 Å². The van der Waals surface area contributed by atoms with Crippen LogP contribution in [0.5, 0.6) is 11.5 Å². The molecule has 0 bridgehead atoms. The number of hydrogen-bond acceptors (Lipinski definition) is 4. The Labute approximate surface area is 117 Å². The van der Waals surface area contributed by atoms with Crippen molar-refractivity contribution < 1.29 is 14.6 Å². The van der Waals surface area contributed by atoms with Crippen LogP contribution in [0.1, 0.15) is 23.7 Å². The maximum atomic E-state index is 10.4. The first-order valence-electron chi connectivity index (χ1n) is 6.67. The minimum atomic E-state index is -0.701. The van der Waals surface area contributed by atoms with Crippen LogP contribution < -0.4 is 15.2 Å². The third-order valence-corrected chi connectivity index (χ3v) is 3.34. The number of aliphatic hydroxyl groups is 1. The maximum absolute atomic E-state index is 10.4. The number of ether oxygens (including phenoxy) is 2. The predicted molar refractivity (Wildman–Crippen MR) is 77.0 cm³/mol. The molecule has 1 aliphatic rings. The lowest BCUT2D eigenvalue weighted by atomic mass is 10.0. The van der Waals surface area contributed by atoms with Crippen molar-refractivity contribution in [3.63, 3.8) is 0 Å². The van der Waals surface area contributed by atoms with E-state index in [2.05, 4.69) is 0 Å². The summed E-state index contributed by atoms with van der Waals surface area (Å²) in [6, 6.07) is 12.7. The van der Waals surface area contributed by atoms with Crippen molar-refractivity contribution in [2.24, 2.45) is 0 Å². The van der Waals surface area contributed by atoms with Gasteiger partial charge in [0.05, 0.1) is 13.2 Å². The van der Waals surface area contributed by atoms with Crippen LogP contribution in [0, 0.1) is 0 Å². The van der Waals surface area contributed by atoms with E-state index in [-0.39, 0.29) is 0 Å². The third kappa shape index (κ3) is 2.56. The summed E-state index contributed by atoms with van der Waals surface area (Å²) < 4.78 is 11.2. The number of aliphatic hydroxyl groups excluding tert-OH is 1. The zero-order valence-electron chi connectivity index (χ0n) is 11.1. The summed E-state index contributed by atoms with van der Waals surface area (Å²) in [7, 11) is 0. The second-order valence-electron chi connectivity index (χ2n) is 4.83. The fraction of sp³-hybridized carbons (Fsp3) is 0.250. The van der Waals surface area contributed by atoms with Crippen molar-refractivity contribution in [1.29, 1.82) is 0 Å². The van der Waals surface area contributed by atoms with Crippen LogP contribution in [-0.4, -0.2) is 18.3 Å². The third-order valence-electron chi connectivity index (χ3n) is 3.34. The molecule has 1 heterocycles. The number of rotatable bonds is 2. The number of benzene rings is 2. The zero-order chi connectivity index (χ0) is 13.9. The first-order valence-corrected chi connectivity index (χ1v) is 6.67. The monoisotopic (exact) mass is 271 g/mol. The summed E-state index contributed by atoms with van der Waals surface area (Å²) in [5, 5.41) is 10.4. The Morgan fingerprint density at radius 2 is 1.55 bits per heavy atom. The minimum Gasteiger partial charge on any atom is -0.490 e. The Hall–Kier alpha value is -2.20. The molecule has 20 heavy (non-hydrogen) atoms. The molecule has 1 aliphatic heterocycles. The number of nitrogens with two attached hydrogens (primary N) is 1. The predicted octanol–water partition coefficient (Wildman–Crippen LogP) is 2.51. The van der Waals surface area contributed by atoms with Gasteiger partial charge in [-0.25, -0.2) is 0 Å². The highest BCUT2D eigenvalue weighted by Crippen LogP contribution is 2.34. The number of fused-ring (bicyclic) bond motifs is 1. The average Bonchev–Trinajstić information content (AvgIpc) is 2.71. The molecule has 0 fully saturated rings. The molecule has 0 saturated carbocycles. The van der Waals surface area contributed by atoms with Gasteiger partial charge in [-0.3, -0.25) is 0 Å². The fourth-order valence-electron chi connectivity index (χ4n) is 2.22. The van der Waals surface area contributed by atoms with Crippen LogP contribution in [0.25, 0.3) is 0 Å². The van der Waals surface area contributed by atoms with Crippen molar-refractivity contribution in [3.05, 3.63) is 53.6 Å². The standard InChI is InChI=1S/C16H17NO3/c17-13-5-2-11(3-6-13)16(18)12-4-7-14-15(10-12)20-9-1-8-19-14/h2-7,10,16,18H,1,8-9,17H2. The van der Waals surface area contributed by atoms with Crippen molar-refractivity contribution >= 4 is 5.69 Å². The fourth-order valence-corrected chi connectivity index (χ4v) is 2.22. The molecule has 2 aromatic rings. The van der Waals surface area contributed by atoms with E-state index in [1.807, 2.05) is 30.3 Å². The second-order valence-corrected chi connectivity index (χ2v) is 4.83. The molecule has 2 aromatic carbocycles. The number of anilines is 1. The molecule has 0 radical (unpaired) electrons. The topological polar surface area (TPSA) is 64.7 Å². The Morgan fingerprint density at radius 3 is 2.30 bits per heavy atom. The van der Waals surface area contributed by atoms with E-state index in [0.717, 1.165) is 23.3 Å². The Bertz CT molecular complexity index is 595. The summed E-state index contributed by atoms with van der Waals surface area (Å²) in [5.74, 6) is 1.42. The molecule has 104 valence electrons. The van der Waals surface area contributed by atoms with Crippen LogP contribution >= 0.6 is 0 Å². The molecule has 4 nitrogen and oxygen atoms in total. The summed E-state index contributed by atoms with van der Waals surface area (Å²) in [4.78, 5) is 0. The van der Waals surface area contributed by atoms with Crippen molar-refractivity contribution in [2.45, 2.75) is 12.5 Å². The van der Waals surface area contributed by atoms with Gasteiger partial charge in [-0.1, -0.05) is 18.2 Å². The van der Waals surface area contributed by atoms with Crippen LogP contribution in [-0.2, 0) is 0 Å². The van der Waals surface area contributed by atoms with E-state index in [0.29, 0.717) is 24.7 Å². The highest BCUT2D eigenvalue weighted by Gasteiger charge is 2.15. The van der Waals surface area contributed by atoms with Crippen LogP contribution in [0.3, 0.4) is 0 Å². The normalized spacial score (nSPS) is 15.4. The Morgan fingerprint density at radius 1 is 0.900 bits per heavy atom. The number of hydrogen-bond donors (Lipinski definition) is 2. The highest BCUT2D eigenvalue weighted by molar-refractivity contribution is 5.47. The van der Waals surface area contributed by atoms with Gasteiger partial charge in [0.15, 0.2) is 11.5 Å². The minimum absolute atomic E-state index is 0.633. The van der Waals surface area contributed by atoms with Gasteiger partial charge in [-0.2, -0.15) is 0 Å². The molecule has 0 amide bonds. The molecule has 3 N–H and O–H groups in total. The largest absolute Gasteiger partial charge is 0.490 e. The van der Waals surface area contributed by atoms with E-state index >= 15 is 0 Å². The van der Waals surface area contributed by atoms with Crippen molar-refractivity contribution in [2.75, 3.05) is 18.9 Å². The first-order chi connectivity index (χ1) is 9.74. The van der Waals surface area contributed by atoms with Gasteiger partial charge < -0.3 is 20.3 Å². The van der Waals surface area contributed by atoms with Crippen molar-refractivity contribution in [1.82, 2.24) is 0 Å². The lowest BCUT2D eigenvalue weighted by Crippen LogP contribution is -2.01. The zero-order valence-corrected chi connectivity index (χ0v) is 11.1. The van der Waals surface area contributed by atoms with Gasteiger partial charge in [0.25, 0.3) is 0 Å². The molecular weight excluding hydrogens is 254 g/mol. The molecule has 0 saturated heterocycles. The van der Waals surface area contributed by atoms with Gasteiger partial charge in [0.1, 0.15) is 6.10 Å². The highest BCUT2D eigenvalue weighted by atomic mass is 16.5. The summed E-state index contributed by atoms with van der Waals surface area (Å²) in [6.45, 7) is 1.29. The van der Waals surface area contributed by atoms with Gasteiger partial charge >= 0.3 is 0 Å². The molecule has 0 aromatic heterocycles. The maximum Gasteiger partial charge on any atom is 0.161 e. The molecule has 0 aliphatic carbocycles. The molecule has 1 unspecified atom stereocenters.